The molecule has 0 aliphatic carbocycles. The van der Waals surface area contributed by atoms with E-state index < -0.39 is 29.2 Å². The molecule has 0 atom stereocenters. The fraction of sp³-hybridized carbons (Fsp3) is 0.200. The van der Waals surface area contributed by atoms with Crippen LogP contribution in [0.2, 0.25) is 0 Å². The van der Waals surface area contributed by atoms with E-state index >= 15 is 0 Å². The minimum atomic E-state index is -1.77. The molecule has 24 heavy (non-hydrogen) atoms. The van der Waals surface area contributed by atoms with Crippen molar-refractivity contribution in [2.75, 3.05) is 19.6 Å². The molecule has 2 aromatic rings. The van der Waals surface area contributed by atoms with Crippen molar-refractivity contribution in [1.29, 1.82) is 0 Å². The monoisotopic (exact) mass is 343 g/mol. The molecule has 2 rings (SSSR count). The Morgan fingerprint density at radius 2 is 1.67 bits per heavy atom. The van der Waals surface area contributed by atoms with E-state index in [2.05, 4.69) is 10.1 Å². The van der Waals surface area contributed by atoms with Gasteiger partial charge in [0.2, 0.25) is 11.6 Å². The van der Waals surface area contributed by atoms with Crippen LogP contribution >= 0.6 is 0 Å². The molecule has 9 heteroatoms. The molecular weight excluding hydrogens is 330 g/mol. The zero-order valence-corrected chi connectivity index (χ0v) is 13.0. The molecule has 0 saturated heterocycles. The van der Waals surface area contributed by atoms with Crippen molar-refractivity contribution in [2.24, 2.45) is 5.10 Å². The molecule has 0 bridgehead atoms. The molecule has 0 fully saturated rings. The van der Waals surface area contributed by atoms with E-state index in [1.807, 2.05) is 5.43 Å². The van der Waals surface area contributed by atoms with E-state index in [4.69, 9.17) is 9.47 Å². The Morgan fingerprint density at radius 3 is 2.21 bits per heavy atom. The highest BCUT2D eigenvalue weighted by Gasteiger charge is 2.20. The van der Waals surface area contributed by atoms with Gasteiger partial charge in [0.15, 0.2) is 0 Å². The predicted octanol–water partition coefficient (Wildman–Crippen LogP) is 3.49. The Labute approximate surface area is 134 Å². The van der Waals surface area contributed by atoms with E-state index in [0.717, 1.165) is 0 Å². The minimum Gasteiger partial charge on any atom is -0.497 e. The summed E-state index contributed by atoms with van der Waals surface area (Å²) in [7, 11) is 2.90. The molecule has 0 unspecified atom stereocenters. The van der Waals surface area contributed by atoms with E-state index in [1.54, 1.807) is 18.2 Å². The van der Waals surface area contributed by atoms with E-state index in [0.29, 0.717) is 17.1 Å². The molecule has 0 saturated carbocycles. The Balaban J connectivity index is 2.37. The smallest absolute Gasteiger partial charge is 0.254 e. The molecule has 0 aliphatic heterocycles. The van der Waals surface area contributed by atoms with Crippen LogP contribution in [0.5, 0.6) is 11.5 Å². The fourth-order valence-electron chi connectivity index (χ4n) is 1.88. The quantitative estimate of drug-likeness (QED) is 0.391. The maximum absolute atomic E-state index is 13.5. The van der Waals surface area contributed by atoms with Crippen LogP contribution in [-0.2, 0) is 0 Å². The maximum Gasteiger partial charge on any atom is 0.254 e. The Morgan fingerprint density at radius 1 is 1.04 bits per heavy atom. The van der Waals surface area contributed by atoms with Gasteiger partial charge in [-0.3, -0.25) is 5.43 Å². The summed E-state index contributed by atoms with van der Waals surface area (Å²) in [5, 5.41) is 3.74. The largest absolute Gasteiger partial charge is 0.497 e. The molecule has 5 nitrogen and oxygen atoms in total. The summed E-state index contributed by atoms with van der Waals surface area (Å²) in [5.74, 6) is -5.96. The average Bonchev–Trinajstić information content (AvgIpc) is 2.59. The number of aromatic nitrogens is 1. The molecule has 1 aromatic carbocycles. The number of anilines is 1. The van der Waals surface area contributed by atoms with Gasteiger partial charge in [0, 0.05) is 11.6 Å². The van der Waals surface area contributed by atoms with Crippen molar-refractivity contribution in [3.63, 3.8) is 0 Å². The standard InChI is InChI=1S/C15H13F4N3O2/c1-7(9-5-4-8(23-2)6-10(9)24-3)21-22-13-11(16)14(18)20-15(19)12(13)17/h4-6H,1-3H3,(H,20,22)/b21-7-. The Kier molecular flexibility index (Phi) is 5.22. The summed E-state index contributed by atoms with van der Waals surface area (Å²) in [6.45, 7) is 1.51. The summed E-state index contributed by atoms with van der Waals surface area (Å²) in [4.78, 5) is 2.46. The molecule has 1 aromatic heterocycles. The third-order valence-corrected chi connectivity index (χ3v) is 3.13. The molecule has 0 spiro atoms. The molecule has 0 aliphatic rings. The van der Waals surface area contributed by atoms with Crippen LogP contribution in [-0.4, -0.2) is 24.9 Å². The summed E-state index contributed by atoms with van der Waals surface area (Å²) in [5.41, 5.74) is 1.64. The molecule has 1 heterocycles. The van der Waals surface area contributed by atoms with E-state index in [-0.39, 0.29) is 5.71 Å². The number of halogens is 4. The van der Waals surface area contributed by atoms with Crippen molar-refractivity contribution in [1.82, 2.24) is 4.98 Å². The lowest BCUT2D eigenvalue weighted by Crippen LogP contribution is -2.08. The first-order valence-corrected chi connectivity index (χ1v) is 6.61. The van der Waals surface area contributed by atoms with Crippen LogP contribution < -0.4 is 14.9 Å². The lowest BCUT2D eigenvalue weighted by molar-refractivity contribution is 0.394. The summed E-state index contributed by atoms with van der Waals surface area (Å²) < 4.78 is 63.4. The number of hydrogen-bond acceptors (Lipinski definition) is 5. The van der Waals surface area contributed by atoms with Gasteiger partial charge in [-0.1, -0.05) is 0 Å². The first kappa shape index (κ1) is 17.5. The number of ether oxygens (including phenoxy) is 2. The van der Waals surface area contributed by atoms with Gasteiger partial charge in [0.25, 0.3) is 11.9 Å². The second kappa shape index (κ2) is 7.16. The topological polar surface area (TPSA) is 55.7 Å². The molecule has 128 valence electrons. The Bertz CT molecular complexity index is 771. The zero-order valence-electron chi connectivity index (χ0n) is 13.0. The predicted molar refractivity (Wildman–Crippen MR) is 79.4 cm³/mol. The SMILES string of the molecule is COc1ccc(/C(C)=N\Nc2c(F)c(F)nc(F)c2F)c(OC)c1. The average molecular weight is 343 g/mol. The lowest BCUT2D eigenvalue weighted by atomic mass is 10.1. The van der Waals surface area contributed by atoms with Crippen molar-refractivity contribution in [2.45, 2.75) is 6.92 Å². The first-order valence-electron chi connectivity index (χ1n) is 6.61. The Hall–Kier alpha value is -2.84. The summed E-state index contributed by atoms with van der Waals surface area (Å²) in [6.07, 6.45) is 0. The summed E-state index contributed by atoms with van der Waals surface area (Å²) in [6, 6.07) is 4.82. The van der Waals surface area contributed by atoms with Gasteiger partial charge in [-0.2, -0.15) is 27.6 Å². The number of pyridine rings is 1. The number of nitrogens with one attached hydrogen (secondary N) is 1. The number of hydrazone groups is 1. The minimum absolute atomic E-state index is 0.255. The molecule has 0 amide bonds. The maximum atomic E-state index is 13.5. The van der Waals surface area contributed by atoms with Gasteiger partial charge in [-0.25, -0.2) is 0 Å². The van der Waals surface area contributed by atoms with Gasteiger partial charge in [-0.15, -0.1) is 0 Å². The van der Waals surface area contributed by atoms with Crippen LogP contribution in [0.4, 0.5) is 23.2 Å². The van der Waals surface area contributed by atoms with Crippen molar-refractivity contribution in [3.8, 4) is 11.5 Å². The van der Waals surface area contributed by atoms with Gasteiger partial charge in [-0.05, 0) is 19.1 Å². The van der Waals surface area contributed by atoms with Crippen molar-refractivity contribution < 1.29 is 27.0 Å². The number of benzene rings is 1. The van der Waals surface area contributed by atoms with Crippen LogP contribution in [0, 0.1) is 23.5 Å². The highest BCUT2D eigenvalue weighted by Crippen LogP contribution is 2.26. The number of methoxy groups -OCH3 is 2. The highest BCUT2D eigenvalue weighted by molar-refractivity contribution is 6.01. The number of nitrogens with zero attached hydrogens (tertiary/aromatic N) is 2. The van der Waals surface area contributed by atoms with Crippen molar-refractivity contribution in [3.05, 3.63) is 47.3 Å². The van der Waals surface area contributed by atoms with Gasteiger partial charge in [0.05, 0.1) is 19.9 Å². The van der Waals surface area contributed by atoms with Gasteiger partial charge < -0.3 is 9.47 Å². The molecular formula is C15H13F4N3O2. The van der Waals surface area contributed by atoms with Gasteiger partial charge >= 0.3 is 0 Å². The lowest BCUT2D eigenvalue weighted by Gasteiger charge is -2.11. The molecule has 1 N–H and O–H groups in total. The van der Waals surface area contributed by atoms with Crippen LogP contribution in [0.3, 0.4) is 0 Å². The second-order valence-corrected chi connectivity index (χ2v) is 4.57. The summed E-state index contributed by atoms with van der Waals surface area (Å²) >= 11 is 0. The zero-order chi connectivity index (χ0) is 17.9. The van der Waals surface area contributed by atoms with E-state index in [9.17, 15) is 17.6 Å². The first-order chi connectivity index (χ1) is 11.4. The van der Waals surface area contributed by atoms with Crippen molar-refractivity contribution >= 4 is 11.4 Å². The van der Waals surface area contributed by atoms with Gasteiger partial charge in [0.1, 0.15) is 17.2 Å². The molecule has 0 radical (unpaired) electrons. The number of rotatable bonds is 5. The highest BCUT2D eigenvalue weighted by atomic mass is 19.2. The fourth-order valence-corrected chi connectivity index (χ4v) is 1.88. The third kappa shape index (κ3) is 3.39. The van der Waals surface area contributed by atoms with Crippen LogP contribution in [0.25, 0.3) is 0 Å². The normalized spacial score (nSPS) is 11.4. The third-order valence-electron chi connectivity index (χ3n) is 3.13. The number of hydrogen-bond donors (Lipinski definition) is 1. The second-order valence-electron chi connectivity index (χ2n) is 4.57. The van der Waals surface area contributed by atoms with E-state index in [1.165, 1.54) is 21.1 Å². The van der Waals surface area contributed by atoms with Crippen LogP contribution in [0.1, 0.15) is 12.5 Å². The van der Waals surface area contributed by atoms with Crippen LogP contribution in [0.15, 0.2) is 23.3 Å².